The molecule has 0 aliphatic heterocycles. The van der Waals surface area contributed by atoms with Gasteiger partial charge in [0.05, 0.1) is 11.5 Å². The second kappa shape index (κ2) is 6.73. The molecule has 100 valence electrons. The van der Waals surface area contributed by atoms with Crippen LogP contribution >= 0.6 is 0 Å². The van der Waals surface area contributed by atoms with Crippen molar-refractivity contribution in [1.29, 1.82) is 0 Å². The summed E-state index contributed by atoms with van der Waals surface area (Å²) in [6, 6.07) is 0.0436. The van der Waals surface area contributed by atoms with Gasteiger partial charge in [0.2, 0.25) is 5.82 Å². The van der Waals surface area contributed by atoms with Crippen LogP contribution in [0, 0.1) is 10.1 Å². The predicted octanol–water partition coefficient (Wildman–Crippen LogP) is 2.38. The zero-order valence-electron chi connectivity index (χ0n) is 10.8. The lowest BCUT2D eigenvalue weighted by molar-refractivity contribution is -0.385. The number of nitro groups is 1. The lowest BCUT2D eigenvalue weighted by Crippen LogP contribution is -2.14. The Labute approximate surface area is 106 Å². The van der Waals surface area contributed by atoms with Gasteiger partial charge in [0.1, 0.15) is 6.33 Å². The van der Waals surface area contributed by atoms with Crippen molar-refractivity contribution in [2.45, 2.75) is 39.7 Å². The summed E-state index contributed by atoms with van der Waals surface area (Å²) >= 11 is 0. The first-order chi connectivity index (χ1) is 8.56. The highest BCUT2D eigenvalue weighted by Gasteiger charge is 2.24. The molecule has 1 rings (SSSR count). The highest BCUT2D eigenvalue weighted by Crippen LogP contribution is 2.31. The van der Waals surface area contributed by atoms with E-state index in [4.69, 9.17) is 4.74 Å². The molecular formula is C11H18N4O3. The minimum absolute atomic E-state index is 0.0200. The van der Waals surface area contributed by atoms with Crippen LogP contribution < -0.4 is 10.1 Å². The minimum Gasteiger partial charge on any atom is -0.473 e. The number of aromatic nitrogens is 2. The van der Waals surface area contributed by atoms with Crippen molar-refractivity contribution < 1.29 is 9.66 Å². The molecule has 1 heterocycles. The Bertz CT molecular complexity index is 409. The SMILES string of the molecule is CCCCOc1ncnc(NC(C)C)c1[N+](=O)[O-]. The molecule has 7 heteroatoms. The summed E-state index contributed by atoms with van der Waals surface area (Å²) in [7, 11) is 0. The fourth-order valence-electron chi connectivity index (χ4n) is 1.33. The van der Waals surface area contributed by atoms with Crippen LogP contribution in [0.3, 0.4) is 0 Å². The van der Waals surface area contributed by atoms with Gasteiger partial charge in [0.15, 0.2) is 0 Å². The number of unbranched alkanes of at least 4 members (excludes halogenated alkanes) is 1. The average Bonchev–Trinajstić information content (AvgIpc) is 2.28. The van der Waals surface area contributed by atoms with E-state index < -0.39 is 4.92 Å². The third-order valence-corrected chi connectivity index (χ3v) is 2.13. The van der Waals surface area contributed by atoms with Crippen molar-refractivity contribution in [3.63, 3.8) is 0 Å². The summed E-state index contributed by atoms with van der Waals surface area (Å²) in [5, 5.41) is 14.0. The van der Waals surface area contributed by atoms with Gasteiger partial charge in [-0.25, -0.2) is 4.98 Å². The highest BCUT2D eigenvalue weighted by molar-refractivity contribution is 5.61. The number of rotatable bonds is 7. The second-order valence-corrected chi connectivity index (χ2v) is 4.13. The summed E-state index contributed by atoms with van der Waals surface area (Å²) in [4.78, 5) is 18.3. The molecule has 0 saturated heterocycles. The Morgan fingerprint density at radius 1 is 1.50 bits per heavy atom. The molecule has 1 N–H and O–H groups in total. The lowest BCUT2D eigenvalue weighted by Gasteiger charge is -2.11. The Kier molecular flexibility index (Phi) is 5.29. The van der Waals surface area contributed by atoms with Gasteiger partial charge in [-0.2, -0.15) is 4.98 Å². The number of nitrogens with zero attached hydrogens (tertiary/aromatic N) is 3. The molecule has 0 amide bonds. The van der Waals surface area contributed by atoms with Crippen LogP contribution in [0.5, 0.6) is 5.88 Å². The van der Waals surface area contributed by atoms with Crippen LogP contribution in [0.4, 0.5) is 11.5 Å². The predicted molar refractivity (Wildman–Crippen MR) is 67.8 cm³/mol. The molecule has 0 saturated carbocycles. The van der Waals surface area contributed by atoms with Crippen molar-refractivity contribution in [2.24, 2.45) is 0 Å². The quantitative estimate of drug-likeness (QED) is 0.456. The Morgan fingerprint density at radius 2 is 2.22 bits per heavy atom. The molecule has 0 radical (unpaired) electrons. The van der Waals surface area contributed by atoms with Crippen molar-refractivity contribution in [3.8, 4) is 5.88 Å². The Morgan fingerprint density at radius 3 is 2.78 bits per heavy atom. The fourth-order valence-corrected chi connectivity index (χ4v) is 1.33. The van der Waals surface area contributed by atoms with Crippen molar-refractivity contribution in [2.75, 3.05) is 11.9 Å². The molecule has 0 bridgehead atoms. The van der Waals surface area contributed by atoms with E-state index in [1.165, 1.54) is 6.33 Å². The summed E-state index contributed by atoms with van der Waals surface area (Å²) in [5.74, 6) is 0.211. The van der Waals surface area contributed by atoms with E-state index in [0.717, 1.165) is 12.8 Å². The Balaban J connectivity index is 2.98. The molecule has 7 nitrogen and oxygen atoms in total. The first-order valence-corrected chi connectivity index (χ1v) is 5.95. The number of nitrogens with one attached hydrogen (secondary N) is 1. The third kappa shape index (κ3) is 3.83. The fraction of sp³-hybridized carbons (Fsp3) is 0.636. The number of anilines is 1. The van der Waals surface area contributed by atoms with E-state index in [1.54, 1.807) is 0 Å². The molecule has 0 fully saturated rings. The zero-order chi connectivity index (χ0) is 13.5. The molecule has 0 unspecified atom stereocenters. The maximum atomic E-state index is 11.1. The van der Waals surface area contributed by atoms with Gasteiger partial charge in [-0.15, -0.1) is 0 Å². The monoisotopic (exact) mass is 254 g/mol. The number of ether oxygens (including phenoxy) is 1. The molecule has 0 aliphatic rings. The van der Waals surface area contributed by atoms with Gasteiger partial charge in [-0.1, -0.05) is 13.3 Å². The van der Waals surface area contributed by atoms with Crippen LogP contribution in [0.15, 0.2) is 6.33 Å². The summed E-state index contributed by atoms with van der Waals surface area (Å²) < 4.78 is 5.33. The van der Waals surface area contributed by atoms with E-state index in [-0.39, 0.29) is 23.4 Å². The smallest absolute Gasteiger partial charge is 0.372 e. The van der Waals surface area contributed by atoms with Gasteiger partial charge in [-0.05, 0) is 20.3 Å². The first-order valence-electron chi connectivity index (χ1n) is 5.95. The molecule has 1 aromatic rings. The van der Waals surface area contributed by atoms with Crippen molar-refractivity contribution >= 4 is 11.5 Å². The van der Waals surface area contributed by atoms with Gasteiger partial charge in [0, 0.05) is 6.04 Å². The van der Waals surface area contributed by atoms with E-state index in [0.29, 0.717) is 6.61 Å². The number of hydrogen-bond donors (Lipinski definition) is 1. The molecule has 0 spiro atoms. The van der Waals surface area contributed by atoms with Crippen LogP contribution in [-0.2, 0) is 0 Å². The summed E-state index contributed by atoms with van der Waals surface area (Å²) in [6.07, 6.45) is 3.04. The standard InChI is InChI=1S/C11H18N4O3/c1-4-5-6-18-11-9(15(16)17)10(12-7-13-11)14-8(2)3/h7-8H,4-6H2,1-3H3,(H,12,13,14). The van der Waals surface area contributed by atoms with Gasteiger partial charge >= 0.3 is 5.69 Å². The topological polar surface area (TPSA) is 90.2 Å². The Hall–Kier alpha value is -1.92. The van der Waals surface area contributed by atoms with Crippen LogP contribution in [0.25, 0.3) is 0 Å². The van der Waals surface area contributed by atoms with E-state index in [1.807, 2.05) is 20.8 Å². The maximum Gasteiger partial charge on any atom is 0.372 e. The number of hydrogen-bond acceptors (Lipinski definition) is 6. The first kappa shape index (κ1) is 14.1. The molecule has 0 aromatic carbocycles. The molecule has 0 atom stereocenters. The van der Waals surface area contributed by atoms with E-state index >= 15 is 0 Å². The molecule has 1 aromatic heterocycles. The van der Waals surface area contributed by atoms with Crippen LogP contribution in [0.1, 0.15) is 33.6 Å². The maximum absolute atomic E-state index is 11.1. The zero-order valence-corrected chi connectivity index (χ0v) is 10.8. The van der Waals surface area contributed by atoms with Gasteiger partial charge in [-0.3, -0.25) is 10.1 Å². The van der Waals surface area contributed by atoms with Gasteiger partial charge in [0.25, 0.3) is 5.88 Å². The summed E-state index contributed by atoms with van der Waals surface area (Å²) in [5.41, 5.74) is -0.206. The molecule has 0 aliphatic carbocycles. The summed E-state index contributed by atoms with van der Waals surface area (Å²) in [6.45, 7) is 6.19. The van der Waals surface area contributed by atoms with E-state index in [2.05, 4.69) is 15.3 Å². The average molecular weight is 254 g/mol. The lowest BCUT2D eigenvalue weighted by atomic mass is 10.3. The van der Waals surface area contributed by atoms with Crippen LogP contribution in [-0.4, -0.2) is 27.5 Å². The third-order valence-electron chi connectivity index (χ3n) is 2.13. The minimum atomic E-state index is -0.522. The van der Waals surface area contributed by atoms with Gasteiger partial charge < -0.3 is 10.1 Å². The highest BCUT2D eigenvalue weighted by atomic mass is 16.6. The van der Waals surface area contributed by atoms with Crippen molar-refractivity contribution in [1.82, 2.24) is 9.97 Å². The van der Waals surface area contributed by atoms with E-state index in [9.17, 15) is 10.1 Å². The molecular weight excluding hydrogens is 236 g/mol. The second-order valence-electron chi connectivity index (χ2n) is 4.13. The van der Waals surface area contributed by atoms with Crippen LogP contribution in [0.2, 0.25) is 0 Å². The van der Waals surface area contributed by atoms with Crippen molar-refractivity contribution in [3.05, 3.63) is 16.4 Å². The molecule has 18 heavy (non-hydrogen) atoms. The largest absolute Gasteiger partial charge is 0.473 e. The normalized spacial score (nSPS) is 10.4.